The first-order valence-corrected chi connectivity index (χ1v) is 3.52. The van der Waals surface area contributed by atoms with E-state index in [-0.39, 0.29) is 0 Å². The average Bonchev–Trinajstić information content (AvgIpc) is 2.06. The van der Waals surface area contributed by atoms with Gasteiger partial charge in [0.05, 0.1) is 11.9 Å². The Morgan fingerprint density at radius 2 is 2.25 bits per heavy atom. The van der Waals surface area contributed by atoms with E-state index in [1.165, 1.54) is 6.08 Å². The summed E-state index contributed by atoms with van der Waals surface area (Å²) in [4.78, 5) is 21.6. The molecule has 0 fully saturated rings. The third-order valence-electron chi connectivity index (χ3n) is 1.52. The number of hydrogen-bond donors (Lipinski definition) is 0. The Labute approximate surface area is 70.4 Å². The molecule has 0 bridgehead atoms. The molecule has 0 unspecified atom stereocenters. The highest BCUT2D eigenvalue weighted by Crippen LogP contribution is 2.20. The summed E-state index contributed by atoms with van der Waals surface area (Å²) >= 11 is 0. The predicted molar refractivity (Wildman–Crippen MR) is 43.2 cm³/mol. The van der Waals surface area contributed by atoms with Gasteiger partial charge in [-0.15, -0.1) is 0 Å². The smallest absolute Gasteiger partial charge is 0.235 e. The van der Waals surface area contributed by atoms with Gasteiger partial charge in [-0.25, -0.2) is 4.79 Å². The molecule has 0 atom stereocenters. The van der Waals surface area contributed by atoms with Crippen LogP contribution in [0.3, 0.4) is 0 Å². The van der Waals surface area contributed by atoms with Crippen molar-refractivity contribution >= 4 is 6.08 Å². The van der Waals surface area contributed by atoms with Gasteiger partial charge in [0.1, 0.15) is 5.54 Å². The summed E-state index contributed by atoms with van der Waals surface area (Å²) < 4.78 is 0. The molecule has 1 rings (SSSR count). The van der Waals surface area contributed by atoms with Gasteiger partial charge in [-0.2, -0.15) is 4.99 Å². The third-order valence-corrected chi connectivity index (χ3v) is 1.52. The van der Waals surface area contributed by atoms with Crippen LogP contribution in [-0.4, -0.2) is 16.0 Å². The van der Waals surface area contributed by atoms with Gasteiger partial charge in [0.25, 0.3) is 0 Å². The molecule has 1 heterocycles. The van der Waals surface area contributed by atoms with Crippen LogP contribution in [0.1, 0.15) is 19.5 Å². The van der Waals surface area contributed by atoms with Crippen LogP contribution in [0.25, 0.3) is 0 Å². The highest BCUT2D eigenvalue weighted by molar-refractivity contribution is 5.35. The summed E-state index contributed by atoms with van der Waals surface area (Å²) in [6.45, 7) is 3.56. The summed E-state index contributed by atoms with van der Waals surface area (Å²) in [5, 5.41) is 0. The number of aliphatic imine (C=N–C) groups is 1. The fourth-order valence-electron chi connectivity index (χ4n) is 0.786. The molecule has 0 saturated carbocycles. The largest absolute Gasteiger partial charge is 0.261 e. The Morgan fingerprint density at radius 1 is 1.50 bits per heavy atom. The van der Waals surface area contributed by atoms with E-state index in [9.17, 15) is 4.79 Å². The lowest BCUT2D eigenvalue weighted by molar-refractivity contribution is 0.510. The topological polar surface area (TPSA) is 55.2 Å². The molecule has 0 aliphatic rings. The quantitative estimate of drug-likeness (QED) is 0.483. The van der Waals surface area contributed by atoms with Crippen molar-refractivity contribution in [1.82, 2.24) is 9.97 Å². The van der Waals surface area contributed by atoms with Crippen LogP contribution in [-0.2, 0) is 10.3 Å². The monoisotopic (exact) mass is 163 g/mol. The first kappa shape index (κ1) is 8.56. The van der Waals surface area contributed by atoms with Crippen LogP contribution < -0.4 is 0 Å². The van der Waals surface area contributed by atoms with Gasteiger partial charge < -0.3 is 0 Å². The number of nitrogens with zero attached hydrogens (tertiary/aromatic N) is 3. The minimum Gasteiger partial charge on any atom is -0.261 e. The molecule has 0 aliphatic heterocycles. The second-order valence-electron chi connectivity index (χ2n) is 2.85. The molecule has 0 aliphatic carbocycles. The number of carbonyl (C=O) groups excluding carboxylic acids is 1. The van der Waals surface area contributed by atoms with Gasteiger partial charge in [0.2, 0.25) is 6.08 Å². The number of aromatic nitrogens is 2. The first-order valence-electron chi connectivity index (χ1n) is 3.52. The zero-order chi connectivity index (χ0) is 9.03. The second-order valence-corrected chi connectivity index (χ2v) is 2.85. The molecular weight excluding hydrogens is 154 g/mol. The summed E-state index contributed by atoms with van der Waals surface area (Å²) in [6.07, 6.45) is 6.24. The van der Waals surface area contributed by atoms with Crippen LogP contribution in [0, 0.1) is 0 Å². The lowest BCUT2D eigenvalue weighted by Crippen LogP contribution is -2.15. The Morgan fingerprint density at radius 3 is 2.75 bits per heavy atom. The van der Waals surface area contributed by atoms with Crippen molar-refractivity contribution in [1.29, 1.82) is 0 Å². The van der Waals surface area contributed by atoms with Crippen molar-refractivity contribution in [3.05, 3.63) is 24.3 Å². The second kappa shape index (κ2) is 3.24. The Kier molecular flexibility index (Phi) is 2.31. The van der Waals surface area contributed by atoms with Crippen molar-refractivity contribution in [2.75, 3.05) is 0 Å². The summed E-state index contributed by atoms with van der Waals surface area (Å²) in [5.74, 6) is 0. The van der Waals surface area contributed by atoms with Crippen LogP contribution in [0.4, 0.5) is 0 Å². The van der Waals surface area contributed by atoms with E-state index in [4.69, 9.17) is 0 Å². The number of isocyanates is 1. The van der Waals surface area contributed by atoms with Gasteiger partial charge in [-0.1, -0.05) is 0 Å². The zero-order valence-electron chi connectivity index (χ0n) is 6.98. The van der Waals surface area contributed by atoms with E-state index >= 15 is 0 Å². The molecule has 0 saturated heterocycles. The van der Waals surface area contributed by atoms with Gasteiger partial charge in [0.15, 0.2) is 0 Å². The fraction of sp³-hybridized carbons (Fsp3) is 0.375. The molecule has 0 N–H and O–H groups in total. The van der Waals surface area contributed by atoms with E-state index in [1.54, 1.807) is 32.4 Å². The Bertz CT molecular complexity index is 301. The summed E-state index contributed by atoms with van der Waals surface area (Å²) in [5.41, 5.74) is 0.0316. The standard InChI is InChI=1S/C8H9N3O/c1-8(2,11-6-12)7-5-9-3-4-10-7/h3-5H,1-2H3. The highest BCUT2D eigenvalue weighted by Gasteiger charge is 2.20. The van der Waals surface area contributed by atoms with Gasteiger partial charge >= 0.3 is 0 Å². The SMILES string of the molecule is CC(C)(N=C=O)c1cnccn1. The van der Waals surface area contributed by atoms with Gasteiger partial charge in [0, 0.05) is 12.4 Å². The van der Waals surface area contributed by atoms with Crippen molar-refractivity contribution in [3.8, 4) is 0 Å². The van der Waals surface area contributed by atoms with Crippen LogP contribution in [0.2, 0.25) is 0 Å². The molecule has 0 amide bonds. The van der Waals surface area contributed by atoms with Crippen LogP contribution in [0.15, 0.2) is 23.6 Å². The van der Waals surface area contributed by atoms with Crippen molar-refractivity contribution in [2.24, 2.45) is 4.99 Å². The zero-order valence-corrected chi connectivity index (χ0v) is 6.98. The van der Waals surface area contributed by atoms with E-state index in [1.807, 2.05) is 0 Å². The molecule has 1 aromatic heterocycles. The minimum atomic E-state index is -0.629. The summed E-state index contributed by atoms with van der Waals surface area (Å²) in [7, 11) is 0. The van der Waals surface area contributed by atoms with E-state index in [2.05, 4.69) is 15.0 Å². The molecule has 0 aromatic carbocycles. The van der Waals surface area contributed by atoms with E-state index in [0.29, 0.717) is 5.69 Å². The Hall–Kier alpha value is -1.54. The minimum absolute atomic E-state index is 0.629. The number of hydrogen-bond acceptors (Lipinski definition) is 4. The summed E-state index contributed by atoms with van der Waals surface area (Å²) in [6, 6.07) is 0. The lowest BCUT2D eigenvalue weighted by atomic mass is 10.0. The molecular formula is C8H9N3O. The Balaban J connectivity index is 3.05. The van der Waals surface area contributed by atoms with Gasteiger partial charge in [-0.05, 0) is 13.8 Å². The molecule has 0 spiro atoms. The molecule has 12 heavy (non-hydrogen) atoms. The van der Waals surface area contributed by atoms with E-state index in [0.717, 1.165) is 0 Å². The third kappa shape index (κ3) is 1.74. The van der Waals surface area contributed by atoms with Crippen LogP contribution in [0.5, 0.6) is 0 Å². The van der Waals surface area contributed by atoms with Crippen molar-refractivity contribution in [2.45, 2.75) is 19.4 Å². The maximum atomic E-state index is 10.1. The highest BCUT2D eigenvalue weighted by atomic mass is 16.1. The average molecular weight is 163 g/mol. The fourth-order valence-corrected chi connectivity index (χ4v) is 0.786. The predicted octanol–water partition coefficient (Wildman–Crippen LogP) is 1.05. The van der Waals surface area contributed by atoms with Crippen molar-refractivity contribution in [3.63, 3.8) is 0 Å². The molecule has 4 heteroatoms. The molecule has 4 nitrogen and oxygen atoms in total. The van der Waals surface area contributed by atoms with Crippen LogP contribution >= 0.6 is 0 Å². The molecule has 1 aromatic rings. The molecule has 62 valence electrons. The number of rotatable bonds is 2. The maximum absolute atomic E-state index is 10.1. The maximum Gasteiger partial charge on any atom is 0.235 e. The molecule has 0 radical (unpaired) electrons. The normalized spacial score (nSPS) is 10.5. The first-order chi connectivity index (χ1) is 5.67. The van der Waals surface area contributed by atoms with Crippen molar-refractivity contribution < 1.29 is 4.79 Å². The van der Waals surface area contributed by atoms with E-state index < -0.39 is 5.54 Å². The van der Waals surface area contributed by atoms with Gasteiger partial charge in [-0.3, -0.25) is 9.97 Å². The lowest BCUT2D eigenvalue weighted by Gasteiger charge is -2.14.